The van der Waals surface area contributed by atoms with Crippen molar-refractivity contribution in [1.82, 2.24) is 0 Å². The second kappa shape index (κ2) is 10.5. The molecule has 33 heavy (non-hydrogen) atoms. The molecule has 0 spiro atoms. The molecule has 2 N–H and O–H groups in total. The van der Waals surface area contributed by atoms with Crippen molar-refractivity contribution in [1.29, 1.82) is 0 Å². The highest BCUT2D eigenvalue weighted by molar-refractivity contribution is 6.29. The minimum atomic E-state index is -0.551. The topological polar surface area (TPSA) is 76.7 Å². The fourth-order valence-corrected chi connectivity index (χ4v) is 3.40. The summed E-state index contributed by atoms with van der Waals surface area (Å²) in [6.07, 6.45) is 1.61. The first-order valence-corrected chi connectivity index (χ1v) is 10.5. The zero-order valence-electron chi connectivity index (χ0n) is 19.5. The van der Waals surface area contributed by atoms with E-state index < -0.39 is 11.8 Å². The summed E-state index contributed by atoms with van der Waals surface area (Å²) in [5.74, 6) is -0.107. The third-order valence-corrected chi connectivity index (χ3v) is 5.38. The summed E-state index contributed by atoms with van der Waals surface area (Å²) in [6, 6.07) is 18.1. The van der Waals surface area contributed by atoms with Gasteiger partial charge in [-0.3, -0.25) is 9.59 Å². The molecule has 3 rings (SSSR count). The second-order valence-corrected chi connectivity index (χ2v) is 7.66. The van der Waals surface area contributed by atoms with Gasteiger partial charge in [-0.1, -0.05) is 36.4 Å². The van der Waals surface area contributed by atoms with E-state index in [-0.39, 0.29) is 5.57 Å². The molecule has 0 unspecified atom stereocenters. The zero-order valence-corrected chi connectivity index (χ0v) is 19.5. The first kappa shape index (κ1) is 23.6. The van der Waals surface area contributed by atoms with Crippen LogP contribution in [0.1, 0.15) is 22.3 Å². The molecule has 6 heteroatoms. The molecule has 0 saturated carbocycles. The van der Waals surface area contributed by atoms with E-state index in [9.17, 15) is 9.59 Å². The third-order valence-electron chi connectivity index (χ3n) is 5.38. The second-order valence-electron chi connectivity index (χ2n) is 7.66. The number of anilines is 2. The van der Waals surface area contributed by atoms with E-state index in [0.29, 0.717) is 22.9 Å². The summed E-state index contributed by atoms with van der Waals surface area (Å²) in [5.41, 5.74) is 4.86. The molecule has 0 fully saturated rings. The van der Waals surface area contributed by atoms with Crippen LogP contribution in [0.5, 0.6) is 11.5 Å². The van der Waals surface area contributed by atoms with Gasteiger partial charge in [-0.2, -0.15) is 0 Å². The van der Waals surface area contributed by atoms with E-state index in [1.807, 2.05) is 32.9 Å². The molecule has 2 amide bonds. The van der Waals surface area contributed by atoms with Crippen LogP contribution in [0.25, 0.3) is 6.08 Å². The van der Waals surface area contributed by atoms with Crippen molar-refractivity contribution < 1.29 is 19.1 Å². The Balaban J connectivity index is 2.03. The standard InChI is InChI=1S/C27H28N2O4/c1-17-14-19(3)20(15-18(17)2)16-21(26(30)28-22-10-6-8-12-24(22)32-4)27(31)29-23-11-7-9-13-25(23)33-5/h6-16H,1-5H3,(H,28,30)(H,29,31). The van der Waals surface area contributed by atoms with E-state index in [1.165, 1.54) is 14.2 Å². The summed E-state index contributed by atoms with van der Waals surface area (Å²) >= 11 is 0. The number of hydrogen-bond acceptors (Lipinski definition) is 4. The molecule has 0 heterocycles. The summed E-state index contributed by atoms with van der Waals surface area (Å²) in [7, 11) is 3.04. The van der Waals surface area contributed by atoms with Gasteiger partial charge in [0.2, 0.25) is 0 Å². The van der Waals surface area contributed by atoms with Gasteiger partial charge in [-0.25, -0.2) is 0 Å². The summed E-state index contributed by atoms with van der Waals surface area (Å²) in [5, 5.41) is 5.60. The van der Waals surface area contributed by atoms with Gasteiger partial charge in [0, 0.05) is 0 Å². The molecule has 0 saturated heterocycles. The lowest BCUT2D eigenvalue weighted by atomic mass is 9.98. The van der Waals surface area contributed by atoms with Gasteiger partial charge in [-0.15, -0.1) is 0 Å². The Bertz CT molecular complexity index is 1150. The van der Waals surface area contributed by atoms with Crippen molar-refractivity contribution in [2.75, 3.05) is 24.9 Å². The Morgan fingerprint density at radius 1 is 0.697 bits per heavy atom. The first-order chi connectivity index (χ1) is 15.8. The number of carbonyl (C=O) groups is 2. The number of rotatable bonds is 7. The lowest BCUT2D eigenvalue weighted by molar-refractivity contribution is -0.118. The van der Waals surface area contributed by atoms with Crippen LogP contribution in [0.15, 0.2) is 66.2 Å². The van der Waals surface area contributed by atoms with Gasteiger partial charge in [0.05, 0.1) is 25.6 Å². The van der Waals surface area contributed by atoms with Crippen molar-refractivity contribution in [2.45, 2.75) is 20.8 Å². The molecular weight excluding hydrogens is 416 g/mol. The molecule has 0 aliphatic rings. The molecule has 170 valence electrons. The molecule has 6 nitrogen and oxygen atoms in total. The third kappa shape index (κ3) is 5.60. The van der Waals surface area contributed by atoms with Gasteiger partial charge >= 0.3 is 0 Å². The molecule has 0 aromatic heterocycles. The Hall–Kier alpha value is -4.06. The Morgan fingerprint density at radius 2 is 1.15 bits per heavy atom. The minimum Gasteiger partial charge on any atom is -0.495 e. The number of methoxy groups -OCH3 is 2. The van der Waals surface area contributed by atoms with Crippen molar-refractivity contribution in [3.63, 3.8) is 0 Å². The molecule has 3 aromatic rings. The highest BCUT2D eigenvalue weighted by Gasteiger charge is 2.21. The largest absolute Gasteiger partial charge is 0.495 e. The predicted octanol–water partition coefficient (Wildman–Crippen LogP) is 5.29. The van der Waals surface area contributed by atoms with Gasteiger partial charge in [0.25, 0.3) is 11.8 Å². The minimum absolute atomic E-state index is 0.0434. The van der Waals surface area contributed by atoms with Gasteiger partial charge in [0.1, 0.15) is 17.1 Å². The first-order valence-electron chi connectivity index (χ1n) is 10.5. The van der Waals surface area contributed by atoms with Crippen LogP contribution in [0.2, 0.25) is 0 Å². The van der Waals surface area contributed by atoms with Crippen LogP contribution < -0.4 is 20.1 Å². The smallest absolute Gasteiger partial charge is 0.261 e. The van der Waals surface area contributed by atoms with E-state index >= 15 is 0 Å². The molecule has 0 radical (unpaired) electrons. The Kier molecular flexibility index (Phi) is 7.51. The lowest BCUT2D eigenvalue weighted by Crippen LogP contribution is -2.25. The molecule has 3 aromatic carbocycles. The Labute approximate surface area is 194 Å². The number of hydrogen-bond donors (Lipinski definition) is 2. The maximum absolute atomic E-state index is 13.3. The van der Waals surface area contributed by atoms with Crippen molar-refractivity contribution in [3.8, 4) is 11.5 Å². The van der Waals surface area contributed by atoms with E-state index in [1.54, 1.807) is 54.6 Å². The summed E-state index contributed by atoms with van der Waals surface area (Å²) < 4.78 is 10.7. The Morgan fingerprint density at radius 3 is 1.64 bits per heavy atom. The van der Waals surface area contributed by atoms with Crippen LogP contribution in [0.4, 0.5) is 11.4 Å². The monoisotopic (exact) mass is 444 g/mol. The average Bonchev–Trinajstić information content (AvgIpc) is 2.81. The average molecular weight is 445 g/mol. The lowest BCUT2D eigenvalue weighted by Gasteiger charge is -2.14. The van der Waals surface area contributed by atoms with E-state index in [2.05, 4.69) is 10.6 Å². The molecule has 0 atom stereocenters. The van der Waals surface area contributed by atoms with Gasteiger partial charge in [-0.05, 0) is 73.4 Å². The number of amides is 2. The van der Waals surface area contributed by atoms with Crippen LogP contribution >= 0.6 is 0 Å². The van der Waals surface area contributed by atoms with E-state index in [4.69, 9.17) is 9.47 Å². The quantitative estimate of drug-likeness (QED) is 0.295. The van der Waals surface area contributed by atoms with Crippen LogP contribution in [0, 0.1) is 20.8 Å². The number of aryl methyl sites for hydroxylation is 3. The maximum atomic E-state index is 13.3. The molecule has 0 aliphatic heterocycles. The summed E-state index contributed by atoms with van der Waals surface area (Å²) in [4.78, 5) is 26.6. The number of para-hydroxylation sites is 4. The maximum Gasteiger partial charge on any atom is 0.261 e. The molecule has 0 aliphatic carbocycles. The van der Waals surface area contributed by atoms with Crippen molar-refractivity contribution in [3.05, 3.63) is 88.5 Å². The zero-order chi connectivity index (χ0) is 24.0. The highest BCUT2D eigenvalue weighted by atomic mass is 16.5. The normalized spacial score (nSPS) is 10.2. The number of benzene rings is 3. The molecule has 0 bridgehead atoms. The highest BCUT2D eigenvalue weighted by Crippen LogP contribution is 2.27. The fraction of sp³-hybridized carbons (Fsp3) is 0.185. The van der Waals surface area contributed by atoms with Crippen molar-refractivity contribution in [2.24, 2.45) is 0 Å². The van der Waals surface area contributed by atoms with E-state index in [0.717, 1.165) is 22.3 Å². The SMILES string of the molecule is COc1ccccc1NC(=O)C(=Cc1cc(C)c(C)cc1C)C(=O)Nc1ccccc1OC. The number of carbonyl (C=O) groups excluding carboxylic acids is 2. The van der Waals surface area contributed by atoms with Crippen molar-refractivity contribution >= 4 is 29.3 Å². The molecular formula is C27H28N2O4. The predicted molar refractivity (Wildman–Crippen MR) is 132 cm³/mol. The van der Waals surface area contributed by atoms with Gasteiger partial charge in [0.15, 0.2) is 0 Å². The number of nitrogens with one attached hydrogen (secondary N) is 2. The fourth-order valence-electron chi connectivity index (χ4n) is 3.40. The van der Waals surface area contributed by atoms with Crippen LogP contribution in [0.3, 0.4) is 0 Å². The van der Waals surface area contributed by atoms with Crippen LogP contribution in [-0.4, -0.2) is 26.0 Å². The van der Waals surface area contributed by atoms with Gasteiger partial charge < -0.3 is 20.1 Å². The number of ether oxygens (including phenoxy) is 2. The summed E-state index contributed by atoms with van der Waals surface area (Å²) in [6.45, 7) is 5.97. The van der Waals surface area contributed by atoms with Crippen LogP contribution in [-0.2, 0) is 9.59 Å².